The molecular formula is C19H22F2N2O2. The van der Waals surface area contributed by atoms with Gasteiger partial charge in [0, 0.05) is 37.2 Å². The van der Waals surface area contributed by atoms with E-state index in [0.29, 0.717) is 19.6 Å². The molecule has 5 rings (SSSR count). The van der Waals surface area contributed by atoms with Crippen LogP contribution in [0, 0.1) is 23.5 Å². The van der Waals surface area contributed by atoms with Gasteiger partial charge in [0.15, 0.2) is 11.6 Å². The Kier molecular flexibility index (Phi) is 4.21. The zero-order chi connectivity index (χ0) is 17.6. The molecule has 0 unspecified atom stereocenters. The molecule has 3 heterocycles. The van der Waals surface area contributed by atoms with Crippen molar-refractivity contribution in [3.8, 4) is 0 Å². The van der Waals surface area contributed by atoms with Gasteiger partial charge < -0.3 is 9.80 Å². The van der Waals surface area contributed by atoms with Crippen molar-refractivity contribution in [3.63, 3.8) is 0 Å². The quantitative estimate of drug-likeness (QED) is 0.825. The van der Waals surface area contributed by atoms with Crippen LogP contribution in [-0.2, 0) is 4.79 Å². The first-order valence-electron chi connectivity index (χ1n) is 9.07. The predicted octanol–water partition coefficient (Wildman–Crippen LogP) is 2.83. The number of fused-ring (bicyclic) bond motifs is 4. The molecule has 1 aromatic rings. The van der Waals surface area contributed by atoms with Crippen LogP contribution in [-0.4, -0.2) is 47.3 Å². The van der Waals surface area contributed by atoms with Crippen LogP contribution in [0.1, 0.15) is 42.5 Å². The maximum atomic E-state index is 13.5. The molecule has 1 saturated carbocycles. The summed E-state index contributed by atoms with van der Waals surface area (Å²) in [5.74, 6) is -1.58. The van der Waals surface area contributed by atoms with Gasteiger partial charge in [-0.05, 0) is 49.8 Å². The molecule has 25 heavy (non-hydrogen) atoms. The van der Waals surface area contributed by atoms with E-state index in [1.54, 1.807) is 4.90 Å². The summed E-state index contributed by atoms with van der Waals surface area (Å²) in [5.41, 5.74) is 0.170. The van der Waals surface area contributed by atoms with Crippen LogP contribution in [0.5, 0.6) is 0 Å². The largest absolute Gasteiger partial charge is 0.340 e. The average molecular weight is 348 g/mol. The number of carbonyl (C=O) groups excluding carboxylic acids is 2. The molecule has 0 radical (unpaired) electrons. The molecule has 0 spiro atoms. The lowest BCUT2D eigenvalue weighted by Gasteiger charge is -2.36. The fraction of sp³-hybridized carbons (Fsp3) is 0.579. The second kappa shape index (κ2) is 6.39. The zero-order valence-electron chi connectivity index (χ0n) is 14.1. The molecule has 3 aliphatic heterocycles. The summed E-state index contributed by atoms with van der Waals surface area (Å²) in [5, 5.41) is 0. The molecule has 4 aliphatic rings. The third kappa shape index (κ3) is 3.02. The maximum Gasteiger partial charge on any atom is 0.254 e. The Labute approximate surface area is 145 Å². The minimum absolute atomic E-state index is 0.0385. The molecule has 134 valence electrons. The Morgan fingerprint density at radius 3 is 2.44 bits per heavy atom. The number of amides is 2. The summed E-state index contributed by atoms with van der Waals surface area (Å²) in [6.45, 7) is 1.84. The number of nitrogens with zero attached hydrogens (tertiary/aromatic N) is 2. The van der Waals surface area contributed by atoms with Gasteiger partial charge in [0.05, 0.1) is 0 Å². The third-order valence-electron chi connectivity index (χ3n) is 5.91. The summed E-state index contributed by atoms with van der Waals surface area (Å²) < 4.78 is 26.6. The van der Waals surface area contributed by atoms with Gasteiger partial charge in [-0.2, -0.15) is 0 Å². The van der Waals surface area contributed by atoms with Crippen LogP contribution in [0.4, 0.5) is 8.78 Å². The van der Waals surface area contributed by atoms with Gasteiger partial charge in [-0.25, -0.2) is 8.78 Å². The van der Waals surface area contributed by atoms with Crippen LogP contribution in [0.25, 0.3) is 0 Å². The van der Waals surface area contributed by atoms with E-state index < -0.39 is 11.6 Å². The van der Waals surface area contributed by atoms with Crippen molar-refractivity contribution in [2.45, 2.75) is 38.1 Å². The second-order valence-corrected chi connectivity index (χ2v) is 7.55. The third-order valence-corrected chi connectivity index (χ3v) is 5.91. The number of hydrogen-bond acceptors (Lipinski definition) is 2. The molecule has 2 bridgehead atoms. The van der Waals surface area contributed by atoms with Gasteiger partial charge in [0.2, 0.25) is 5.91 Å². The fourth-order valence-corrected chi connectivity index (χ4v) is 4.22. The highest BCUT2D eigenvalue weighted by Crippen LogP contribution is 2.33. The first-order chi connectivity index (χ1) is 12.0. The van der Waals surface area contributed by atoms with Crippen molar-refractivity contribution in [2.75, 3.05) is 19.6 Å². The Morgan fingerprint density at radius 2 is 1.76 bits per heavy atom. The van der Waals surface area contributed by atoms with E-state index in [-0.39, 0.29) is 35.3 Å². The van der Waals surface area contributed by atoms with Crippen LogP contribution in [0.3, 0.4) is 0 Å². The van der Waals surface area contributed by atoms with Crippen molar-refractivity contribution >= 4 is 11.8 Å². The summed E-state index contributed by atoms with van der Waals surface area (Å²) in [6.07, 6.45) is 4.93. The van der Waals surface area contributed by atoms with Crippen LogP contribution >= 0.6 is 0 Å². The van der Waals surface area contributed by atoms with E-state index in [9.17, 15) is 18.4 Å². The van der Waals surface area contributed by atoms with Crippen molar-refractivity contribution in [1.82, 2.24) is 9.80 Å². The van der Waals surface area contributed by atoms with Crippen molar-refractivity contribution < 1.29 is 18.4 Å². The Morgan fingerprint density at radius 1 is 0.960 bits per heavy atom. The highest BCUT2D eigenvalue weighted by atomic mass is 19.2. The van der Waals surface area contributed by atoms with Crippen molar-refractivity contribution in [2.24, 2.45) is 11.8 Å². The monoisotopic (exact) mass is 348 g/mol. The molecule has 6 heteroatoms. The van der Waals surface area contributed by atoms with Gasteiger partial charge in [0.25, 0.3) is 5.91 Å². The predicted molar refractivity (Wildman–Crippen MR) is 87.8 cm³/mol. The molecule has 1 aromatic carbocycles. The molecular weight excluding hydrogens is 326 g/mol. The van der Waals surface area contributed by atoms with E-state index in [4.69, 9.17) is 0 Å². The molecule has 0 N–H and O–H groups in total. The second-order valence-electron chi connectivity index (χ2n) is 7.55. The Bertz CT molecular complexity index is 705. The zero-order valence-corrected chi connectivity index (χ0v) is 14.1. The van der Waals surface area contributed by atoms with Gasteiger partial charge in [-0.3, -0.25) is 9.59 Å². The van der Waals surface area contributed by atoms with Gasteiger partial charge in [0.1, 0.15) is 0 Å². The first-order valence-corrected chi connectivity index (χ1v) is 9.07. The molecule has 1 aliphatic carbocycles. The maximum absolute atomic E-state index is 13.5. The summed E-state index contributed by atoms with van der Waals surface area (Å²) in [7, 11) is 0. The minimum Gasteiger partial charge on any atom is -0.340 e. The van der Waals surface area contributed by atoms with Crippen LogP contribution in [0.2, 0.25) is 0 Å². The number of halogens is 2. The van der Waals surface area contributed by atoms with Crippen molar-refractivity contribution in [3.05, 3.63) is 35.4 Å². The number of carbonyl (C=O) groups is 2. The van der Waals surface area contributed by atoms with E-state index in [1.807, 2.05) is 4.90 Å². The molecule has 0 aromatic heterocycles. The SMILES string of the molecule is O=C(C1CCC1)N1C[C@@H]2CC[C@H](C1)N(C(=O)c1ccc(F)c(F)c1)C2. The van der Waals surface area contributed by atoms with Crippen molar-refractivity contribution in [1.29, 1.82) is 0 Å². The fourth-order valence-electron chi connectivity index (χ4n) is 4.22. The highest BCUT2D eigenvalue weighted by Gasteiger charge is 2.40. The Balaban J connectivity index is 1.52. The van der Waals surface area contributed by atoms with E-state index in [1.165, 1.54) is 6.07 Å². The highest BCUT2D eigenvalue weighted by molar-refractivity contribution is 5.94. The van der Waals surface area contributed by atoms with E-state index in [0.717, 1.165) is 44.2 Å². The van der Waals surface area contributed by atoms with Crippen LogP contribution < -0.4 is 0 Å². The van der Waals surface area contributed by atoms with Crippen LogP contribution in [0.15, 0.2) is 18.2 Å². The number of piperidine rings is 1. The van der Waals surface area contributed by atoms with E-state index >= 15 is 0 Å². The standard InChI is InChI=1S/C19H22F2N2O2/c20-16-7-5-14(8-17(16)21)19(25)23-10-12-4-6-15(23)11-22(9-12)18(24)13-2-1-3-13/h5,7-8,12-13,15H,1-4,6,9-11H2/t12-,15+/m0/s1. The Hall–Kier alpha value is -1.98. The summed E-state index contributed by atoms with van der Waals surface area (Å²) >= 11 is 0. The summed E-state index contributed by atoms with van der Waals surface area (Å²) in [4.78, 5) is 29.1. The van der Waals surface area contributed by atoms with Gasteiger partial charge in [-0.15, -0.1) is 0 Å². The number of benzene rings is 1. The molecule has 3 saturated heterocycles. The summed E-state index contributed by atoms with van der Waals surface area (Å²) in [6, 6.07) is 3.25. The average Bonchev–Trinajstić information content (AvgIpc) is 2.87. The van der Waals surface area contributed by atoms with Gasteiger partial charge >= 0.3 is 0 Å². The van der Waals surface area contributed by atoms with E-state index in [2.05, 4.69) is 0 Å². The lowest BCUT2D eigenvalue weighted by atomic mass is 9.84. The topological polar surface area (TPSA) is 40.6 Å². The molecule has 2 atom stereocenters. The number of hydrogen-bond donors (Lipinski definition) is 0. The molecule has 4 nitrogen and oxygen atoms in total. The lowest BCUT2D eigenvalue weighted by molar-refractivity contribution is -0.138. The number of rotatable bonds is 2. The molecule has 2 amide bonds. The molecule has 4 fully saturated rings. The van der Waals surface area contributed by atoms with Gasteiger partial charge in [-0.1, -0.05) is 6.42 Å². The lowest BCUT2D eigenvalue weighted by Crippen LogP contribution is -2.48. The normalized spacial score (nSPS) is 26.3. The first kappa shape index (κ1) is 16.5. The smallest absolute Gasteiger partial charge is 0.254 e. The minimum atomic E-state index is -1.01.